The molecule has 3 heterocycles. The lowest BCUT2D eigenvalue weighted by molar-refractivity contribution is 0.0122. The number of morpholine rings is 1. The molecule has 2 amide bonds. The van der Waals surface area contributed by atoms with E-state index in [1.807, 2.05) is 19.1 Å². The summed E-state index contributed by atoms with van der Waals surface area (Å²) in [6.07, 6.45) is 3.17. The number of nitrogens with zero attached hydrogens (tertiary/aromatic N) is 2. The fourth-order valence-corrected chi connectivity index (χ4v) is 2.62. The molecule has 1 atom stereocenters. The van der Waals surface area contributed by atoms with Gasteiger partial charge in [0.25, 0.3) is 0 Å². The topological polar surface area (TPSA) is 95.4 Å². The molecular weight excluding hydrogens is 298 g/mol. The SMILES string of the molecule is Cc1ccc([C@H](CNC(=O)Nc2cn[nH]c2)N2CCOCC2)o1. The number of anilines is 1. The summed E-state index contributed by atoms with van der Waals surface area (Å²) in [6, 6.07) is 3.62. The van der Waals surface area contributed by atoms with E-state index >= 15 is 0 Å². The second-order valence-electron chi connectivity index (χ2n) is 5.43. The number of aromatic nitrogens is 2. The molecule has 124 valence electrons. The molecule has 0 spiro atoms. The number of amides is 2. The first-order valence-corrected chi connectivity index (χ1v) is 7.64. The molecule has 8 nitrogen and oxygen atoms in total. The van der Waals surface area contributed by atoms with Gasteiger partial charge in [-0.1, -0.05) is 0 Å². The van der Waals surface area contributed by atoms with Crippen molar-refractivity contribution < 1.29 is 13.9 Å². The lowest BCUT2D eigenvalue weighted by atomic mass is 10.1. The average molecular weight is 319 g/mol. The van der Waals surface area contributed by atoms with E-state index in [9.17, 15) is 4.79 Å². The summed E-state index contributed by atoms with van der Waals surface area (Å²) in [5.41, 5.74) is 0.624. The molecule has 1 fully saturated rings. The van der Waals surface area contributed by atoms with Crippen LogP contribution in [0, 0.1) is 6.92 Å². The van der Waals surface area contributed by atoms with Crippen LogP contribution < -0.4 is 10.6 Å². The number of carbonyl (C=O) groups excluding carboxylic acids is 1. The van der Waals surface area contributed by atoms with Crippen molar-refractivity contribution in [2.24, 2.45) is 0 Å². The molecule has 2 aromatic heterocycles. The van der Waals surface area contributed by atoms with Crippen LogP contribution in [0.1, 0.15) is 17.6 Å². The molecule has 0 radical (unpaired) electrons. The van der Waals surface area contributed by atoms with Crippen LogP contribution in [0.2, 0.25) is 0 Å². The molecule has 0 aliphatic carbocycles. The van der Waals surface area contributed by atoms with Crippen molar-refractivity contribution in [3.63, 3.8) is 0 Å². The fourth-order valence-electron chi connectivity index (χ4n) is 2.62. The molecule has 1 saturated heterocycles. The van der Waals surface area contributed by atoms with Gasteiger partial charge in [0.15, 0.2) is 0 Å². The standard InChI is InChI=1S/C15H21N5O3/c1-11-2-3-14(23-11)13(20-4-6-22-7-5-20)10-16-15(21)19-12-8-17-18-9-12/h2-3,8-9,13H,4-7,10H2,1H3,(H,17,18)(H2,16,19,21)/t13-/m0/s1. The molecule has 0 bridgehead atoms. The van der Waals surface area contributed by atoms with E-state index < -0.39 is 0 Å². The number of nitrogens with one attached hydrogen (secondary N) is 3. The van der Waals surface area contributed by atoms with Gasteiger partial charge in [0, 0.05) is 25.8 Å². The molecule has 23 heavy (non-hydrogen) atoms. The molecule has 1 aliphatic rings. The number of carbonyl (C=O) groups is 1. The van der Waals surface area contributed by atoms with Crippen LogP contribution in [-0.4, -0.2) is 54.0 Å². The molecule has 1 aliphatic heterocycles. The Morgan fingerprint density at radius 3 is 2.91 bits per heavy atom. The average Bonchev–Trinajstić information content (AvgIpc) is 3.21. The van der Waals surface area contributed by atoms with Crippen molar-refractivity contribution in [1.29, 1.82) is 0 Å². The Morgan fingerprint density at radius 1 is 1.43 bits per heavy atom. The third-order valence-electron chi connectivity index (χ3n) is 3.79. The quantitative estimate of drug-likeness (QED) is 0.776. The predicted molar refractivity (Wildman–Crippen MR) is 84.2 cm³/mol. The van der Waals surface area contributed by atoms with E-state index in [-0.39, 0.29) is 12.1 Å². The maximum absolute atomic E-state index is 12.0. The highest BCUT2D eigenvalue weighted by atomic mass is 16.5. The van der Waals surface area contributed by atoms with E-state index in [1.165, 1.54) is 0 Å². The van der Waals surface area contributed by atoms with Crippen LogP contribution in [0.25, 0.3) is 0 Å². The zero-order valence-corrected chi connectivity index (χ0v) is 13.0. The molecule has 0 unspecified atom stereocenters. The highest BCUT2D eigenvalue weighted by molar-refractivity contribution is 5.88. The first kappa shape index (κ1) is 15.6. The Labute approximate surface area is 134 Å². The first-order valence-electron chi connectivity index (χ1n) is 7.64. The maximum Gasteiger partial charge on any atom is 0.319 e. The van der Waals surface area contributed by atoms with Crippen molar-refractivity contribution in [1.82, 2.24) is 20.4 Å². The lowest BCUT2D eigenvalue weighted by Gasteiger charge is -2.33. The number of urea groups is 1. The van der Waals surface area contributed by atoms with Crippen molar-refractivity contribution >= 4 is 11.7 Å². The van der Waals surface area contributed by atoms with Crippen molar-refractivity contribution in [2.45, 2.75) is 13.0 Å². The number of H-pyrrole nitrogens is 1. The smallest absolute Gasteiger partial charge is 0.319 e. The van der Waals surface area contributed by atoms with E-state index in [1.54, 1.807) is 12.4 Å². The van der Waals surface area contributed by atoms with Crippen molar-refractivity contribution in [3.8, 4) is 0 Å². The lowest BCUT2D eigenvalue weighted by Crippen LogP contribution is -2.44. The Bertz CT molecular complexity index is 619. The van der Waals surface area contributed by atoms with Gasteiger partial charge in [-0.2, -0.15) is 5.10 Å². The molecule has 0 aromatic carbocycles. The number of ether oxygens (including phenoxy) is 1. The van der Waals surface area contributed by atoms with Gasteiger partial charge in [0.2, 0.25) is 0 Å². The van der Waals surface area contributed by atoms with Crippen LogP contribution in [-0.2, 0) is 4.74 Å². The summed E-state index contributed by atoms with van der Waals surface area (Å²) in [5, 5.41) is 12.1. The highest BCUT2D eigenvalue weighted by Gasteiger charge is 2.25. The van der Waals surface area contributed by atoms with Crippen LogP contribution in [0.3, 0.4) is 0 Å². The fraction of sp³-hybridized carbons (Fsp3) is 0.467. The first-order chi connectivity index (χ1) is 11.2. The second kappa shape index (κ2) is 7.30. The monoisotopic (exact) mass is 319 g/mol. The number of furan rings is 1. The minimum atomic E-state index is -0.270. The molecule has 0 saturated carbocycles. The Balaban J connectivity index is 1.62. The van der Waals surface area contributed by atoms with Gasteiger partial charge >= 0.3 is 6.03 Å². The van der Waals surface area contributed by atoms with Crippen molar-refractivity contribution in [2.75, 3.05) is 38.2 Å². The van der Waals surface area contributed by atoms with Crippen molar-refractivity contribution in [3.05, 3.63) is 36.0 Å². The maximum atomic E-state index is 12.0. The number of hydrogen-bond donors (Lipinski definition) is 3. The highest BCUT2D eigenvalue weighted by Crippen LogP contribution is 2.23. The number of aryl methyl sites for hydroxylation is 1. The van der Waals surface area contributed by atoms with E-state index in [2.05, 4.69) is 25.7 Å². The summed E-state index contributed by atoms with van der Waals surface area (Å²) >= 11 is 0. The minimum absolute atomic E-state index is 0.0114. The Morgan fingerprint density at radius 2 is 2.26 bits per heavy atom. The van der Waals surface area contributed by atoms with Gasteiger partial charge in [-0.3, -0.25) is 10.00 Å². The molecule has 8 heteroatoms. The summed E-state index contributed by atoms with van der Waals surface area (Å²) in [6.45, 7) is 5.38. The molecule has 3 N–H and O–H groups in total. The summed E-state index contributed by atoms with van der Waals surface area (Å²) in [4.78, 5) is 14.3. The van der Waals surface area contributed by atoms with Gasteiger partial charge in [0.05, 0.1) is 31.1 Å². The van der Waals surface area contributed by atoms with Crippen LogP contribution in [0.15, 0.2) is 28.9 Å². The summed E-state index contributed by atoms with van der Waals surface area (Å²) in [7, 11) is 0. The third kappa shape index (κ3) is 4.11. The van der Waals surface area contributed by atoms with Gasteiger partial charge < -0.3 is 19.8 Å². The number of hydrogen-bond acceptors (Lipinski definition) is 5. The number of rotatable bonds is 5. The normalized spacial score (nSPS) is 16.9. The van der Waals surface area contributed by atoms with E-state index in [0.717, 1.165) is 24.6 Å². The van der Waals surface area contributed by atoms with Gasteiger partial charge in [-0.05, 0) is 19.1 Å². The third-order valence-corrected chi connectivity index (χ3v) is 3.79. The van der Waals surface area contributed by atoms with Crippen LogP contribution in [0.4, 0.5) is 10.5 Å². The molecule has 2 aromatic rings. The summed E-state index contributed by atoms with van der Waals surface area (Å²) in [5.74, 6) is 1.72. The van der Waals surface area contributed by atoms with Crippen LogP contribution >= 0.6 is 0 Å². The van der Waals surface area contributed by atoms with Gasteiger partial charge in [0.1, 0.15) is 11.5 Å². The molecule has 3 rings (SSSR count). The Hall–Kier alpha value is -2.32. The number of aromatic amines is 1. The molecular formula is C15H21N5O3. The van der Waals surface area contributed by atoms with E-state index in [0.29, 0.717) is 25.4 Å². The van der Waals surface area contributed by atoms with Gasteiger partial charge in [-0.25, -0.2) is 4.79 Å². The predicted octanol–water partition coefficient (Wildman–Crippen LogP) is 1.51. The largest absolute Gasteiger partial charge is 0.465 e. The summed E-state index contributed by atoms with van der Waals surface area (Å²) < 4.78 is 11.2. The van der Waals surface area contributed by atoms with Crippen LogP contribution in [0.5, 0.6) is 0 Å². The second-order valence-corrected chi connectivity index (χ2v) is 5.43. The zero-order chi connectivity index (χ0) is 16.1. The Kier molecular flexibility index (Phi) is 4.94. The van der Waals surface area contributed by atoms with Gasteiger partial charge in [-0.15, -0.1) is 0 Å². The van der Waals surface area contributed by atoms with E-state index in [4.69, 9.17) is 9.15 Å². The minimum Gasteiger partial charge on any atom is -0.465 e. The zero-order valence-electron chi connectivity index (χ0n) is 13.0.